The highest BCUT2D eigenvalue weighted by Crippen LogP contribution is 2.46. The number of amides is 1. The van der Waals surface area contributed by atoms with Crippen molar-refractivity contribution < 1.29 is 19.1 Å². The van der Waals surface area contributed by atoms with Gasteiger partial charge in [-0.3, -0.25) is 9.48 Å². The molecule has 0 radical (unpaired) electrons. The summed E-state index contributed by atoms with van der Waals surface area (Å²) in [5.74, 6) is 0.227. The molecule has 0 saturated carbocycles. The molecule has 9 nitrogen and oxygen atoms in total. The van der Waals surface area contributed by atoms with Crippen molar-refractivity contribution in [2.75, 3.05) is 24.7 Å². The monoisotopic (exact) mass is 739 g/mol. The molecule has 1 amide bonds. The number of anilines is 1. The molecule has 4 heterocycles. The largest absolute Gasteiger partial charge is 0.494 e. The molecule has 0 spiro atoms. The zero-order valence-electron chi connectivity index (χ0n) is 30.8. The molecule has 6 aromatic rings. The molecule has 0 fully saturated rings. The van der Waals surface area contributed by atoms with Crippen molar-refractivity contribution in [1.29, 1.82) is 0 Å². The molecular weight excluding hydrogens is 697 g/mol. The minimum absolute atomic E-state index is 0.112. The summed E-state index contributed by atoms with van der Waals surface area (Å²) in [6.07, 6.45) is 1.27. The number of ether oxygens (including phenoxy) is 2. The average molecular weight is 741 g/mol. The molecule has 1 aliphatic rings. The summed E-state index contributed by atoms with van der Waals surface area (Å²) in [7, 11) is 1.93. The second-order valence-electron chi connectivity index (χ2n) is 13.9. The van der Waals surface area contributed by atoms with Crippen molar-refractivity contribution in [2.45, 2.75) is 67.3 Å². The Balaban J connectivity index is 1.37. The number of esters is 1. The molecule has 1 aliphatic heterocycles. The number of aromatic nitrogens is 4. The first-order valence-corrected chi connectivity index (χ1v) is 18.4. The third-order valence-electron chi connectivity index (χ3n) is 10.3. The molecular formula is C41H43Cl2N5O4. The summed E-state index contributed by atoms with van der Waals surface area (Å²) in [4.78, 5) is 33.0. The highest BCUT2D eigenvalue weighted by molar-refractivity contribution is 6.35. The van der Waals surface area contributed by atoms with Gasteiger partial charge >= 0.3 is 5.97 Å². The summed E-state index contributed by atoms with van der Waals surface area (Å²) in [6, 6.07) is 13.5. The van der Waals surface area contributed by atoms with Crippen LogP contribution in [0.5, 0.6) is 5.75 Å². The van der Waals surface area contributed by atoms with Gasteiger partial charge in [-0.1, -0.05) is 41.4 Å². The number of aryl methyl sites for hydroxylation is 6. The van der Waals surface area contributed by atoms with E-state index in [1.807, 2.05) is 87.6 Å². The molecule has 0 bridgehead atoms. The number of carbonyl (C=O) groups is 2. The lowest BCUT2D eigenvalue weighted by Gasteiger charge is -2.35. The lowest BCUT2D eigenvalue weighted by molar-refractivity contribution is 0.0520. The highest BCUT2D eigenvalue weighted by Gasteiger charge is 2.38. The fraction of sp³-hybridized carbons (Fsp3) is 0.341. The summed E-state index contributed by atoms with van der Waals surface area (Å²) in [6.45, 7) is 15.0. The van der Waals surface area contributed by atoms with Gasteiger partial charge in [0, 0.05) is 52.3 Å². The number of hydrogen-bond donors (Lipinski definition) is 1. The Bertz CT molecular complexity index is 2400. The molecule has 7 rings (SSSR count). The van der Waals surface area contributed by atoms with E-state index in [1.165, 1.54) is 0 Å². The van der Waals surface area contributed by atoms with E-state index in [0.29, 0.717) is 42.4 Å². The van der Waals surface area contributed by atoms with E-state index in [-0.39, 0.29) is 18.6 Å². The van der Waals surface area contributed by atoms with Gasteiger partial charge in [-0.15, -0.1) is 0 Å². The van der Waals surface area contributed by atoms with E-state index < -0.39 is 5.97 Å². The third-order valence-corrected chi connectivity index (χ3v) is 11.2. The van der Waals surface area contributed by atoms with Crippen molar-refractivity contribution >= 4 is 62.6 Å². The minimum atomic E-state index is -0.431. The first-order valence-electron chi connectivity index (χ1n) is 17.7. The highest BCUT2D eigenvalue weighted by atomic mass is 35.5. The van der Waals surface area contributed by atoms with E-state index >= 15 is 4.79 Å². The van der Waals surface area contributed by atoms with E-state index in [9.17, 15) is 4.79 Å². The van der Waals surface area contributed by atoms with Gasteiger partial charge < -0.3 is 23.9 Å². The summed E-state index contributed by atoms with van der Waals surface area (Å²) in [5, 5.41) is 7.89. The minimum Gasteiger partial charge on any atom is -0.494 e. The maximum Gasteiger partial charge on any atom is 0.354 e. The zero-order valence-corrected chi connectivity index (χ0v) is 32.3. The van der Waals surface area contributed by atoms with Crippen molar-refractivity contribution in [3.63, 3.8) is 0 Å². The summed E-state index contributed by atoms with van der Waals surface area (Å²) >= 11 is 13.5. The number of carbonyl (C=O) groups excluding carboxylic acids is 2. The lowest BCUT2D eigenvalue weighted by atomic mass is 9.98. The smallest absolute Gasteiger partial charge is 0.354 e. The zero-order chi connectivity index (χ0) is 37.2. The van der Waals surface area contributed by atoms with Crippen molar-refractivity contribution in [1.82, 2.24) is 19.3 Å². The van der Waals surface area contributed by atoms with Gasteiger partial charge in [-0.25, -0.2) is 4.79 Å². The Labute approximate surface area is 313 Å². The van der Waals surface area contributed by atoms with Crippen LogP contribution in [0.15, 0.2) is 42.5 Å². The standard InChI is InChI=1S/C41H43Cl2N5O4/c1-9-51-41(50)32-19-27-13-12-21(2)37(36(27)44-32)47-20-24(5)48-38-30(14-15-31(42)34(38)33-25(6)45-46(8)26(33)7)29(39(48)40(47)49)11-10-16-52-28-17-22(3)35(43)23(4)18-28/h12-15,17-19,24,44H,9-11,16,20H2,1-8H3/t24-/m1/s1. The van der Waals surface area contributed by atoms with Crippen molar-refractivity contribution in [2.24, 2.45) is 7.05 Å². The fourth-order valence-corrected chi connectivity index (χ4v) is 8.23. The van der Waals surface area contributed by atoms with Crippen LogP contribution in [0, 0.1) is 34.6 Å². The van der Waals surface area contributed by atoms with Gasteiger partial charge in [-0.2, -0.15) is 5.10 Å². The van der Waals surface area contributed by atoms with E-state index in [4.69, 9.17) is 37.8 Å². The van der Waals surface area contributed by atoms with Crippen LogP contribution >= 0.6 is 23.2 Å². The van der Waals surface area contributed by atoms with Gasteiger partial charge in [0.1, 0.15) is 17.1 Å². The molecule has 11 heteroatoms. The number of H-pyrrole nitrogens is 1. The number of fused-ring (bicyclic) bond motifs is 4. The van der Waals surface area contributed by atoms with Crippen molar-refractivity contribution in [3.05, 3.63) is 97.5 Å². The van der Waals surface area contributed by atoms with Crippen LogP contribution in [0.3, 0.4) is 0 Å². The van der Waals surface area contributed by atoms with Gasteiger partial charge in [0.2, 0.25) is 0 Å². The van der Waals surface area contributed by atoms with Crippen LogP contribution in [0.25, 0.3) is 32.9 Å². The normalized spacial score (nSPS) is 14.5. The van der Waals surface area contributed by atoms with Gasteiger partial charge in [0.15, 0.2) is 0 Å². The molecule has 3 aromatic heterocycles. The first-order chi connectivity index (χ1) is 24.8. The molecule has 0 unspecified atom stereocenters. The second kappa shape index (κ2) is 13.7. The van der Waals surface area contributed by atoms with Gasteiger partial charge in [0.05, 0.1) is 40.7 Å². The van der Waals surface area contributed by atoms with Gasteiger partial charge in [0.25, 0.3) is 5.91 Å². The number of nitrogens with one attached hydrogen (secondary N) is 1. The second-order valence-corrected chi connectivity index (χ2v) is 14.7. The van der Waals surface area contributed by atoms with Crippen molar-refractivity contribution in [3.8, 4) is 16.9 Å². The number of aromatic amines is 1. The predicted octanol–water partition coefficient (Wildman–Crippen LogP) is 9.78. The molecule has 1 N–H and O–H groups in total. The molecule has 0 saturated heterocycles. The van der Waals surface area contributed by atoms with Gasteiger partial charge in [-0.05, 0) is 108 Å². The number of halogens is 2. The Hall–Kier alpha value is -4.73. The predicted molar refractivity (Wildman–Crippen MR) is 209 cm³/mol. The van der Waals surface area contributed by atoms with E-state index in [1.54, 1.807) is 13.0 Å². The van der Waals surface area contributed by atoms with Crippen LogP contribution in [0.2, 0.25) is 10.0 Å². The SMILES string of the molecule is CCOC(=O)c1cc2ccc(C)c(N3C[C@@H](C)n4c(c(CCCOc5cc(C)c(Cl)c(C)c5)c5ccc(Cl)c(-c6c(C)nn(C)c6C)c54)C3=O)c2[nH]1. The van der Waals surface area contributed by atoms with Crippen LogP contribution in [0.4, 0.5) is 5.69 Å². The summed E-state index contributed by atoms with van der Waals surface area (Å²) < 4.78 is 15.6. The van der Waals surface area contributed by atoms with E-state index in [2.05, 4.69) is 16.5 Å². The van der Waals surface area contributed by atoms with Crippen LogP contribution in [-0.4, -0.2) is 51.0 Å². The fourth-order valence-electron chi connectivity index (χ4n) is 7.88. The maximum atomic E-state index is 15.1. The Morgan fingerprint density at radius 2 is 1.73 bits per heavy atom. The Morgan fingerprint density at radius 3 is 2.40 bits per heavy atom. The first kappa shape index (κ1) is 35.7. The third kappa shape index (κ3) is 5.84. The number of nitrogens with zero attached hydrogens (tertiary/aromatic N) is 4. The Kier molecular flexibility index (Phi) is 9.38. The number of rotatable bonds is 9. The average Bonchev–Trinajstić information content (AvgIpc) is 3.75. The quantitative estimate of drug-likeness (QED) is 0.118. The molecule has 0 aliphatic carbocycles. The Morgan fingerprint density at radius 1 is 1.00 bits per heavy atom. The molecule has 1 atom stereocenters. The lowest BCUT2D eigenvalue weighted by Crippen LogP contribution is -2.43. The van der Waals surface area contributed by atoms with Crippen LogP contribution in [-0.2, 0) is 18.2 Å². The van der Waals surface area contributed by atoms with Crippen LogP contribution < -0.4 is 9.64 Å². The van der Waals surface area contributed by atoms with Crippen LogP contribution in [0.1, 0.15) is 80.9 Å². The topological polar surface area (TPSA) is 94.4 Å². The molecule has 52 heavy (non-hydrogen) atoms. The maximum absolute atomic E-state index is 15.1. The molecule has 270 valence electrons. The number of benzene rings is 3. The van der Waals surface area contributed by atoms with E-state index in [0.717, 1.165) is 83.0 Å². The number of hydrogen-bond acceptors (Lipinski definition) is 5. The molecule has 3 aromatic carbocycles. The summed E-state index contributed by atoms with van der Waals surface area (Å²) in [5.41, 5.74) is 10.9.